The molecule has 1 saturated carbocycles. The molecule has 160 valence electrons. The molecule has 2 aromatic heterocycles. The van der Waals surface area contributed by atoms with E-state index >= 15 is 0 Å². The van der Waals surface area contributed by atoms with Crippen molar-refractivity contribution in [1.82, 2.24) is 15.3 Å². The summed E-state index contributed by atoms with van der Waals surface area (Å²) >= 11 is 2.42. The van der Waals surface area contributed by atoms with Gasteiger partial charge in [-0.15, -0.1) is 0 Å². The van der Waals surface area contributed by atoms with E-state index in [-0.39, 0.29) is 9.96 Å². The van der Waals surface area contributed by atoms with E-state index in [2.05, 4.69) is 43.2 Å². The maximum absolute atomic E-state index is 13.0. The SMILES string of the molecule is COc1cccc(C2(NC(=O)Nc3ccc(-c4ccnc(C)c4)cc3)CCCC2I)n1. The molecule has 3 aromatic rings. The Kier molecular flexibility index (Phi) is 6.41. The fourth-order valence-corrected chi connectivity index (χ4v) is 5.30. The van der Waals surface area contributed by atoms with Crippen LogP contribution in [0.2, 0.25) is 0 Å². The van der Waals surface area contributed by atoms with E-state index in [0.29, 0.717) is 5.88 Å². The third-order valence-corrected chi connectivity index (χ3v) is 7.35. The number of carbonyl (C=O) groups excluding carboxylic acids is 1. The molecule has 1 aliphatic carbocycles. The predicted octanol–water partition coefficient (Wildman–Crippen LogP) is 5.47. The van der Waals surface area contributed by atoms with Crippen molar-refractivity contribution in [2.24, 2.45) is 0 Å². The molecule has 6 nitrogen and oxygen atoms in total. The number of aromatic nitrogens is 2. The molecule has 7 heteroatoms. The standard InChI is InChI=1S/C24H25IN4O2/c1-16-15-18(12-14-26-16)17-8-10-19(11-9-17)27-23(30)29-24(13-4-5-20(24)25)21-6-3-7-22(28-21)31-2/h3,6-12,14-15,20H,4-5,13H2,1-2H3,(H2,27,29,30). The van der Waals surface area contributed by atoms with Gasteiger partial charge in [0.2, 0.25) is 5.88 Å². The molecule has 2 amide bonds. The second-order valence-electron chi connectivity index (χ2n) is 7.74. The molecule has 0 bridgehead atoms. The van der Waals surface area contributed by atoms with Crippen molar-refractivity contribution in [2.45, 2.75) is 35.6 Å². The Labute approximate surface area is 196 Å². The molecular weight excluding hydrogens is 503 g/mol. The Morgan fingerprint density at radius 3 is 2.65 bits per heavy atom. The first-order valence-corrected chi connectivity index (χ1v) is 11.5. The zero-order valence-corrected chi connectivity index (χ0v) is 19.7. The van der Waals surface area contributed by atoms with Crippen LogP contribution in [0.5, 0.6) is 5.88 Å². The highest BCUT2D eigenvalue weighted by Gasteiger charge is 2.45. The Morgan fingerprint density at radius 2 is 1.97 bits per heavy atom. The van der Waals surface area contributed by atoms with Crippen molar-refractivity contribution in [3.63, 3.8) is 0 Å². The molecule has 2 N–H and O–H groups in total. The van der Waals surface area contributed by atoms with E-state index < -0.39 is 5.54 Å². The van der Waals surface area contributed by atoms with Crippen LogP contribution in [0.25, 0.3) is 11.1 Å². The van der Waals surface area contributed by atoms with Crippen LogP contribution in [0.3, 0.4) is 0 Å². The van der Waals surface area contributed by atoms with Gasteiger partial charge in [0.15, 0.2) is 0 Å². The molecule has 0 spiro atoms. The van der Waals surface area contributed by atoms with Gasteiger partial charge in [0, 0.05) is 27.6 Å². The van der Waals surface area contributed by atoms with E-state index in [1.165, 1.54) is 0 Å². The van der Waals surface area contributed by atoms with E-state index in [1.54, 1.807) is 13.3 Å². The number of pyridine rings is 2. The number of urea groups is 1. The van der Waals surface area contributed by atoms with E-state index in [4.69, 9.17) is 4.74 Å². The number of nitrogens with zero attached hydrogens (tertiary/aromatic N) is 2. The molecule has 1 fully saturated rings. The summed E-state index contributed by atoms with van der Waals surface area (Å²) in [5, 5.41) is 6.21. The van der Waals surface area contributed by atoms with Crippen LogP contribution >= 0.6 is 22.6 Å². The summed E-state index contributed by atoms with van der Waals surface area (Å²) in [5.74, 6) is 0.552. The van der Waals surface area contributed by atoms with Crippen molar-refractivity contribution in [2.75, 3.05) is 12.4 Å². The summed E-state index contributed by atoms with van der Waals surface area (Å²) in [6.45, 7) is 1.97. The third-order valence-electron chi connectivity index (χ3n) is 5.66. The highest BCUT2D eigenvalue weighted by atomic mass is 127. The molecule has 1 aromatic carbocycles. The average Bonchev–Trinajstić information content (AvgIpc) is 3.15. The second-order valence-corrected chi connectivity index (χ2v) is 9.24. The van der Waals surface area contributed by atoms with Crippen LogP contribution in [0, 0.1) is 6.92 Å². The van der Waals surface area contributed by atoms with Crippen LogP contribution in [0.1, 0.15) is 30.7 Å². The van der Waals surface area contributed by atoms with E-state index in [1.807, 2.05) is 61.5 Å². The smallest absolute Gasteiger partial charge is 0.320 e. The number of ether oxygens (including phenoxy) is 1. The first kappa shape index (κ1) is 21.5. The number of benzene rings is 1. The highest BCUT2D eigenvalue weighted by molar-refractivity contribution is 14.1. The van der Waals surface area contributed by atoms with Gasteiger partial charge in [0.25, 0.3) is 0 Å². The van der Waals surface area contributed by atoms with Crippen LogP contribution in [0.4, 0.5) is 10.5 Å². The lowest BCUT2D eigenvalue weighted by Gasteiger charge is -2.33. The fraction of sp³-hybridized carbons (Fsp3) is 0.292. The van der Waals surface area contributed by atoms with E-state index in [0.717, 1.165) is 47.5 Å². The normalized spacial score (nSPS) is 20.3. The van der Waals surface area contributed by atoms with Crippen molar-refractivity contribution in [1.29, 1.82) is 0 Å². The Hall–Kier alpha value is -2.68. The molecule has 4 rings (SSSR count). The van der Waals surface area contributed by atoms with Crippen molar-refractivity contribution in [3.05, 3.63) is 72.2 Å². The van der Waals surface area contributed by atoms with Gasteiger partial charge < -0.3 is 15.4 Å². The summed E-state index contributed by atoms with van der Waals surface area (Å²) in [7, 11) is 1.60. The maximum atomic E-state index is 13.0. The molecule has 0 radical (unpaired) electrons. The van der Waals surface area contributed by atoms with Gasteiger partial charge in [-0.25, -0.2) is 9.78 Å². The number of nitrogens with one attached hydrogen (secondary N) is 2. The van der Waals surface area contributed by atoms with Gasteiger partial charge in [0.1, 0.15) is 0 Å². The lowest BCUT2D eigenvalue weighted by Crippen LogP contribution is -2.51. The van der Waals surface area contributed by atoms with Crippen molar-refractivity contribution in [3.8, 4) is 17.0 Å². The number of alkyl halides is 1. The first-order chi connectivity index (χ1) is 15.0. The molecule has 2 atom stereocenters. The fourth-order valence-electron chi connectivity index (χ4n) is 4.07. The van der Waals surface area contributed by atoms with E-state index in [9.17, 15) is 4.79 Å². The number of hydrogen-bond acceptors (Lipinski definition) is 4. The van der Waals surface area contributed by atoms with Gasteiger partial charge in [0.05, 0.1) is 18.3 Å². The zero-order valence-electron chi connectivity index (χ0n) is 17.6. The van der Waals surface area contributed by atoms with Gasteiger partial charge in [-0.1, -0.05) is 40.8 Å². The summed E-state index contributed by atoms with van der Waals surface area (Å²) in [6, 6.07) is 17.3. The largest absolute Gasteiger partial charge is 0.481 e. The zero-order chi connectivity index (χ0) is 21.8. The monoisotopic (exact) mass is 528 g/mol. The van der Waals surface area contributed by atoms with Crippen molar-refractivity contribution >= 4 is 34.3 Å². The van der Waals surface area contributed by atoms with Crippen LogP contribution in [0.15, 0.2) is 60.8 Å². The molecule has 1 aliphatic rings. The number of anilines is 1. The molecule has 2 heterocycles. The number of rotatable bonds is 5. The van der Waals surface area contributed by atoms with Gasteiger partial charge in [-0.3, -0.25) is 4.98 Å². The quantitative estimate of drug-likeness (QED) is 0.341. The van der Waals surface area contributed by atoms with Gasteiger partial charge in [-0.2, -0.15) is 0 Å². The summed E-state index contributed by atoms with van der Waals surface area (Å²) in [4.78, 5) is 21.8. The lowest BCUT2D eigenvalue weighted by molar-refractivity contribution is 0.236. The Balaban J connectivity index is 1.51. The lowest BCUT2D eigenvalue weighted by atomic mass is 9.92. The van der Waals surface area contributed by atoms with Gasteiger partial charge >= 0.3 is 6.03 Å². The second kappa shape index (κ2) is 9.21. The highest BCUT2D eigenvalue weighted by Crippen LogP contribution is 2.43. The third kappa shape index (κ3) is 4.66. The molecule has 31 heavy (non-hydrogen) atoms. The predicted molar refractivity (Wildman–Crippen MR) is 131 cm³/mol. The number of amides is 2. The number of hydrogen-bond donors (Lipinski definition) is 2. The summed E-state index contributed by atoms with van der Waals surface area (Å²) in [5.41, 5.74) is 4.21. The summed E-state index contributed by atoms with van der Waals surface area (Å²) < 4.78 is 5.55. The van der Waals surface area contributed by atoms with Crippen LogP contribution < -0.4 is 15.4 Å². The summed E-state index contributed by atoms with van der Waals surface area (Å²) in [6.07, 6.45) is 4.71. The first-order valence-electron chi connectivity index (χ1n) is 10.3. The number of aryl methyl sites for hydroxylation is 1. The topological polar surface area (TPSA) is 76.1 Å². The average molecular weight is 528 g/mol. The minimum Gasteiger partial charge on any atom is -0.481 e. The minimum absolute atomic E-state index is 0.235. The Bertz CT molecular complexity index is 1070. The van der Waals surface area contributed by atoms with Crippen LogP contribution in [-0.2, 0) is 5.54 Å². The Morgan fingerprint density at radius 1 is 1.16 bits per heavy atom. The number of carbonyl (C=O) groups is 1. The molecule has 2 unspecified atom stereocenters. The molecule has 0 aliphatic heterocycles. The maximum Gasteiger partial charge on any atom is 0.320 e. The molecule has 0 saturated heterocycles. The number of methoxy groups -OCH3 is 1. The van der Waals surface area contributed by atoms with Crippen LogP contribution in [-0.4, -0.2) is 27.0 Å². The van der Waals surface area contributed by atoms with Gasteiger partial charge in [-0.05, 0) is 67.6 Å². The number of halogens is 1. The minimum atomic E-state index is -0.520. The molecular formula is C24H25IN4O2. The van der Waals surface area contributed by atoms with Crippen molar-refractivity contribution < 1.29 is 9.53 Å².